The average Bonchev–Trinajstić information content (AvgIpc) is 2.41. The first kappa shape index (κ1) is 14.7. The maximum absolute atomic E-state index is 12.0. The number of benzene rings is 1. The van der Waals surface area contributed by atoms with Crippen LogP contribution >= 0.6 is 11.6 Å². The number of ether oxygens (including phenoxy) is 1. The number of carbonyl (C=O) groups is 2. The van der Waals surface area contributed by atoms with Crippen LogP contribution in [-0.4, -0.2) is 30.8 Å². The van der Waals surface area contributed by atoms with Crippen molar-refractivity contribution in [2.45, 2.75) is 13.8 Å². The van der Waals surface area contributed by atoms with Gasteiger partial charge in [-0.2, -0.15) is 0 Å². The Morgan fingerprint density at radius 3 is 2.90 bits per heavy atom. The lowest BCUT2D eigenvalue weighted by Gasteiger charge is -2.31. The highest BCUT2D eigenvalue weighted by molar-refractivity contribution is 6.29. The van der Waals surface area contributed by atoms with E-state index in [1.165, 1.54) is 0 Å². The summed E-state index contributed by atoms with van der Waals surface area (Å²) >= 11 is 5.46. The molecule has 0 aromatic heterocycles. The predicted molar refractivity (Wildman–Crippen MR) is 78.5 cm³/mol. The second-order valence-electron chi connectivity index (χ2n) is 5.05. The lowest BCUT2D eigenvalue weighted by atomic mass is 10.1. The standard InChI is InChI=1S/C14H17ClN2O3/c1-9(2)7-17-11-5-10(16-13(18)6-15)3-4-12(11)20-8-14(17)19/h3-5,9H,6-8H2,1-2H3,(H,16,18). The molecule has 108 valence electrons. The number of hydrogen-bond donors (Lipinski definition) is 1. The van der Waals surface area contributed by atoms with Gasteiger partial charge in [0, 0.05) is 12.2 Å². The number of rotatable bonds is 4. The summed E-state index contributed by atoms with van der Waals surface area (Å²) in [6, 6.07) is 5.21. The number of carbonyl (C=O) groups excluding carboxylic acids is 2. The largest absolute Gasteiger partial charge is 0.482 e. The molecule has 20 heavy (non-hydrogen) atoms. The fourth-order valence-electron chi connectivity index (χ4n) is 2.04. The Balaban J connectivity index is 2.30. The molecular weight excluding hydrogens is 280 g/mol. The molecule has 0 unspecified atom stereocenters. The number of hydrogen-bond acceptors (Lipinski definition) is 3. The first-order valence-corrected chi connectivity index (χ1v) is 6.97. The van der Waals surface area contributed by atoms with Gasteiger partial charge in [0.15, 0.2) is 6.61 Å². The van der Waals surface area contributed by atoms with Gasteiger partial charge in [-0.25, -0.2) is 0 Å². The Kier molecular flexibility index (Phi) is 4.49. The Morgan fingerprint density at radius 2 is 2.25 bits per heavy atom. The van der Waals surface area contributed by atoms with Crippen LogP contribution in [0.2, 0.25) is 0 Å². The number of fused-ring (bicyclic) bond motifs is 1. The molecule has 0 atom stereocenters. The Morgan fingerprint density at radius 1 is 1.50 bits per heavy atom. The molecule has 1 N–H and O–H groups in total. The maximum Gasteiger partial charge on any atom is 0.265 e. The normalized spacial score (nSPS) is 14.0. The van der Waals surface area contributed by atoms with Crippen LogP contribution in [0.4, 0.5) is 11.4 Å². The lowest BCUT2D eigenvalue weighted by molar-refractivity contribution is -0.121. The quantitative estimate of drug-likeness (QED) is 0.867. The van der Waals surface area contributed by atoms with E-state index in [2.05, 4.69) is 5.32 Å². The molecule has 0 saturated carbocycles. The highest BCUT2D eigenvalue weighted by Crippen LogP contribution is 2.35. The third-order valence-corrected chi connectivity index (χ3v) is 3.10. The van der Waals surface area contributed by atoms with Crippen molar-refractivity contribution < 1.29 is 14.3 Å². The molecule has 0 fully saturated rings. The van der Waals surface area contributed by atoms with Gasteiger partial charge in [0.2, 0.25) is 5.91 Å². The van der Waals surface area contributed by atoms with E-state index in [0.29, 0.717) is 29.6 Å². The topological polar surface area (TPSA) is 58.6 Å². The van der Waals surface area contributed by atoms with Gasteiger partial charge in [-0.3, -0.25) is 9.59 Å². The number of nitrogens with one attached hydrogen (secondary N) is 1. The Bertz CT molecular complexity index is 531. The van der Waals surface area contributed by atoms with Crippen molar-refractivity contribution in [2.24, 2.45) is 5.92 Å². The van der Waals surface area contributed by atoms with Crippen LogP contribution in [0.1, 0.15) is 13.8 Å². The van der Waals surface area contributed by atoms with Crippen LogP contribution < -0.4 is 15.0 Å². The van der Waals surface area contributed by atoms with Crippen molar-refractivity contribution in [3.63, 3.8) is 0 Å². The SMILES string of the molecule is CC(C)CN1C(=O)COc2ccc(NC(=O)CCl)cc21. The lowest BCUT2D eigenvalue weighted by Crippen LogP contribution is -2.41. The summed E-state index contributed by atoms with van der Waals surface area (Å²) < 4.78 is 5.40. The van der Waals surface area contributed by atoms with Crippen LogP contribution in [-0.2, 0) is 9.59 Å². The van der Waals surface area contributed by atoms with Crippen molar-refractivity contribution >= 4 is 34.8 Å². The van der Waals surface area contributed by atoms with E-state index in [0.717, 1.165) is 0 Å². The van der Waals surface area contributed by atoms with Gasteiger partial charge in [-0.1, -0.05) is 13.8 Å². The van der Waals surface area contributed by atoms with Crippen molar-refractivity contribution in [3.8, 4) is 5.75 Å². The number of anilines is 2. The molecule has 1 aromatic rings. The Labute approximate surface area is 122 Å². The average molecular weight is 297 g/mol. The third kappa shape index (κ3) is 3.22. The zero-order valence-electron chi connectivity index (χ0n) is 11.5. The summed E-state index contributed by atoms with van der Waals surface area (Å²) in [6.07, 6.45) is 0. The number of nitrogens with zero attached hydrogens (tertiary/aromatic N) is 1. The summed E-state index contributed by atoms with van der Waals surface area (Å²) in [5, 5.41) is 2.67. The van der Waals surface area contributed by atoms with Crippen molar-refractivity contribution in [1.82, 2.24) is 0 Å². The molecule has 1 aliphatic heterocycles. The maximum atomic E-state index is 12.0. The minimum atomic E-state index is -0.287. The second-order valence-corrected chi connectivity index (χ2v) is 5.32. The van der Waals surface area contributed by atoms with E-state index in [4.69, 9.17) is 16.3 Å². The number of alkyl halides is 1. The molecule has 6 heteroatoms. The van der Waals surface area contributed by atoms with Crippen molar-refractivity contribution in [1.29, 1.82) is 0 Å². The summed E-state index contributed by atoms with van der Waals surface area (Å²) in [6.45, 7) is 4.75. The molecule has 0 radical (unpaired) electrons. The van der Waals surface area contributed by atoms with E-state index in [1.807, 2.05) is 13.8 Å². The summed E-state index contributed by atoms with van der Waals surface area (Å²) in [4.78, 5) is 25.0. The molecule has 0 spiro atoms. The number of halogens is 1. The van der Waals surface area contributed by atoms with Gasteiger partial charge < -0.3 is 15.0 Å². The molecule has 1 aromatic carbocycles. The van der Waals surface area contributed by atoms with Crippen LogP contribution in [0, 0.1) is 5.92 Å². The zero-order valence-corrected chi connectivity index (χ0v) is 12.2. The zero-order chi connectivity index (χ0) is 14.7. The predicted octanol–water partition coefficient (Wildman–Crippen LogP) is 2.25. The summed E-state index contributed by atoms with van der Waals surface area (Å²) in [5.74, 6) is 0.514. The molecule has 5 nitrogen and oxygen atoms in total. The van der Waals surface area contributed by atoms with E-state index in [9.17, 15) is 9.59 Å². The van der Waals surface area contributed by atoms with E-state index in [-0.39, 0.29) is 24.3 Å². The van der Waals surface area contributed by atoms with Crippen LogP contribution in [0.25, 0.3) is 0 Å². The van der Waals surface area contributed by atoms with Gasteiger partial charge in [-0.05, 0) is 24.1 Å². The fourth-order valence-corrected chi connectivity index (χ4v) is 2.11. The molecule has 2 amide bonds. The van der Waals surface area contributed by atoms with Gasteiger partial charge in [0.05, 0.1) is 5.69 Å². The van der Waals surface area contributed by atoms with Crippen LogP contribution in [0.3, 0.4) is 0 Å². The van der Waals surface area contributed by atoms with Crippen LogP contribution in [0.5, 0.6) is 5.75 Å². The minimum absolute atomic E-state index is 0.0487. The first-order chi connectivity index (χ1) is 9.51. The van der Waals surface area contributed by atoms with E-state index >= 15 is 0 Å². The summed E-state index contributed by atoms with van der Waals surface area (Å²) in [5.41, 5.74) is 1.28. The third-order valence-electron chi connectivity index (χ3n) is 2.85. The van der Waals surface area contributed by atoms with Gasteiger partial charge in [-0.15, -0.1) is 11.6 Å². The molecule has 0 saturated heterocycles. The minimum Gasteiger partial charge on any atom is -0.482 e. The van der Waals surface area contributed by atoms with Gasteiger partial charge in [0.1, 0.15) is 11.6 Å². The molecule has 2 rings (SSSR count). The van der Waals surface area contributed by atoms with Crippen LogP contribution in [0.15, 0.2) is 18.2 Å². The van der Waals surface area contributed by atoms with E-state index < -0.39 is 0 Å². The highest BCUT2D eigenvalue weighted by Gasteiger charge is 2.26. The molecule has 0 aliphatic carbocycles. The van der Waals surface area contributed by atoms with Crippen molar-refractivity contribution in [2.75, 3.05) is 29.2 Å². The molecular formula is C14H17ClN2O3. The van der Waals surface area contributed by atoms with Gasteiger partial charge >= 0.3 is 0 Å². The Hall–Kier alpha value is -1.75. The fraction of sp³-hybridized carbons (Fsp3) is 0.429. The molecule has 0 bridgehead atoms. The van der Waals surface area contributed by atoms with Gasteiger partial charge in [0.25, 0.3) is 5.91 Å². The second kappa shape index (κ2) is 6.13. The molecule has 1 aliphatic rings. The number of amides is 2. The van der Waals surface area contributed by atoms with Crippen molar-refractivity contribution in [3.05, 3.63) is 18.2 Å². The molecule has 1 heterocycles. The monoisotopic (exact) mass is 296 g/mol. The summed E-state index contributed by atoms with van der Waals surface area (Å²) in [7, 11) is 0. The first-order valence-electron chi connectivity index (χ1n) is 6.44. The smallest absolute Gasteiger partial charge is 0.265 e. The highest BCUT2D eigenvalue weighted by atomic mass is 35.5. The van der Waals surface area contributed by atoms with E-state index in [1.54, 1.807) is 23.1 Å².